The summed E-state index contributed by atoms with van der Waals surface area (Å²) in [4.78, 5) is 54.0. The molecule has 228 valence electrons. The molecule has 42 heavy (non-hydrogen) atoms. The van der Waals surface area contributed by atoms with Gasteiger partial charge in [0, 0.05) is 5.39 Å². The minimum Gasteiger partial charge on any atom is -0.497 e. The molecule has 0 atom stereocenters. The number of benzene rings is 2. The summed E-state index contributed by atoms with van der Waals surface area (Å²) in [6, 6.07) is 8.17. The van der Waals surface area contributed by atoms with Crippen LogP contribution in [0.15, 0.2) is 39.5 Å². The Kier molecular flexibility index (Phi) is 11.3. The van der Waals surface area contributed by atoms with E-state index in [0.717, 1.165) is 12.8 Å². The molecule has 0 aliphatic rings. The van der Waals surface area contributed by atoms with Crippen LogP contribution in [0, 0.1) is 16.0 Å². The summed E-state index contributed by atoms with van der Waals surface area (Å²) in [6.07, 6.45) is 4.51. The molecule has 0 saturated heterocycles. The molecule has 1 aromatic heterocycles. The molecule has 2 aromatic carbocycles. The standard InChI is InChI=1S/C31H39NO10/c1-6-11-20(12-7-2)28(33)41-25-17-21(31(3,4)30(35)39-15-9-8-10-16-40-32(36)37)18-26-27(25)24-19-22(38-5)13-14-23(24)29(34)42-26/h13-14,17-20H,6-12,15-16H2,1-5H3. The maximum absolute atomic E-state index is 13.4. The van der Waals surface area contributed by atoms with Crippen LogP contribution in [0.2, 0.25) is 0 Å². The van der Waals surface area contributed by atoms with Gasteiger partial charge in [-0.3, -0.25) is 9.59 Å². The van der Waals surface area contributed by atoms with Gasteiger partial charge < -0.3 is 23.5 Å². The fourth-order valence-corrected chi connectivity index (χ4v) is 4.82. The number of rotatable bonds is 16. The molecule has 0 amide bonds. The van der Waals surface area contributed by atoms with E-state index in [-0.39, 0.29) is 36.4 Å². The number of esters is 2. The Labute approximate surface area is 244 Å². The van der Waals surface area contributed by atoms with E-state index in [4.69, 9.17) is 18.6 Å². The van der Waals surface area contributed by atoms with Crippen molar-refractivity contribution in [1.29, 1.82) is 0 Å². The van der Waals surface area contributed by atoms with Crippen molar-refractivity contribution >= 4 is 33.7 Å². The number of ether oxygens (including phenoxy) is 3. The number of fused-ring (bicyclic) bond motifs is 3. The van der Waals surface area contributed by atoms with Crippen molar-refractivity contribution < 1.29 is 38.1 Å². The van der Waals surface area contributed by atoms with E-state index in [0.29, 0.717) is 59.6 Å². The normalized spacial score (nSPS) is 11.6. The quantitative estimate of drug-likeness (QED) is 0.0358. The smallest absolute Gasteiger partial charge is 0.344 e. The Morgan fingerprint density at radius 2 is 1.69 bits per heavy atom. The zero-order valence-corrected chi connectivity index (χ0v) is 24.9. The van der Waals surface area contributed by atoms with Crippen LogP contribution in [0.25, 0.3) is 21.7 Å². The Hall–Kier alpha value is -4.15. The van der Waals surface area contributed by atoms with Crippen molar-refractivity contribution in [3.63, 3.8) is 0 Å². The molecular formula is C31H39NO10. The molecule has 0 aliphatic heterocycles. The first kappa shape index (κ1) is 32.4. The third-order valence-corrected chi connectivity index (χ3v) is 7.25. The third-order valence-electron chi connectivity index (χ3n) is 7.25. The van der Waals surface area contributed by atoms with Gasteiger partial charge in [-0.15, -0.1) is 10.1 Å². The van der Waals surface area contributed by atoms with Crippen molar-refractivity contribution in [2.24, 2.45) is 5.92 Å². The van der Waals surface area contributed by atoms with Crippen molar-refractivity contribution in [3.05, 3.63) is 56.4 Å². The van der Waals surface area contributed by atoms with Gasteiger partial charge in [0.05, 0.1) is 42.4 Å². The molecule has 0 unspecified atom stereocenters. The highest BCUT2D eigenvalue weighted by atomic mass is 16.9. The number of carbonyl (C=O) groups excluding carboxylic acids is 2. The van der Waals surface area contributed by atoms with Crippen LogP contribution in [-0.2, 0) is 24.6 Å². The Balaban J connectivity index is 2.01. The predicted octanol–water partition coefficient (Wildman–Crippen LogP) is 6.28. The Bertz CT molecular complexity index is 1470. The first-order valence-corrected chi connectivity index (χ1v) is 14.3. The first-order chi connectivity index (χ1) is 20.0. The average Bonchev–Trinajstić information content (AvgIpc) is 2.95. The number of hydrogen-bond donors (Lipinski definition) is 0. The van der Waals surface area contributed by atoms with E-state index in [1.165, 1.54) is 7.11 Å². The average molecular weight is 586 g/mol. The summed E-state index contributed by atoms with van der Waals surface area (Å²) in [5.74, 6) is -0.525. The van der Waals surface area contributed by atoms with Crippen LogP contribution in [0.4, 0.5) is 0 Å². The molecule has 11 heteroatoms. The largest absolute Gasteiger partial charge is 0.497 e. The van der Waals surface area contributed by atoms with Gasteiger partial charge in [-0.2, -0.15) is 0 Å². The molecule has 11 nitrogen and oxygen atoms in total. The zero-order chi connectivity index (χ0) is 30.9. The van der Waals surface area contributed by atoms with Crippen LogP contribution in [0.1, 0.15) is 78.2 Å². The second kappa shape index (κ2) is 14.7. The Morgan fingerprint density at radius 1 is 1.00 bits per heavy atom. The summed E-state index contributed by atoms with van der Waals surface area (Å²) < 4.78 is 22.6. The lowest BCUT2D eigenvalue weighted by Crippen LogP contribution is -2.31. The molecule has 0 N–H and O–H groups in total. The monoisotopic (exact) mass is 585 g/mol. The van der Waals surface area contributed by atoms with Gasteiger partial charge in [0.15, 0.2) is 0 Å². The molecule has 0 fully saturated rings. The highest BCUT2D eigenvalue weighted by molar-refractivity contribution is 6.09. The molecule has 0 radical (unpaired) electrons. The van der Waals surface area contributed by atoms with Gasteiger partial charge in [-0.1, -0.05) is 26.7 Å². The lowest BCUT2D eigenvalue weighted by molar-refractivity contribution is -0.757. The molecule has 3 rings (SSSR count). The van der Waals surface area contributed by atoms with Crippen LogP contribution in [-0.4, -0.2) is 37.3 Å². The summed E-state index contributed by atoms with van der Waals surface area (Å²) >= 11 is 0. The minimum absolute atomic E-state index is 0.0197. The topological polar surface area (TPSA) is 144 Å². The fourth-order valence-electron chi connectivity index (χ4n) is 4.82. The van der Waals surface area contributed by atoms with E-state index >= 15 is 0 Å². The van der Waals surface area contributed by atoms with Crippen LogP contribution in [0.3, 0.4) is 0 Å². The first-order valence-electron chi connectivity index (χ1n) is 14.3. The van der Waals surface area contributed by atoms with Gasteiger partial charge in [-0.25, -0.2) is 4.79 Å². The summed E-state index contributed by atoms with van der Waals surface area (Å²) in [6.45, 7) is 7.46. The van der Waals surface area contributed by atoms with E-state index in [2.05, 4.69) is 4.84 Å². The molecule has 0 spiro atoms. The van der Waals surface area contributed by atoms with Gasteiger partial charge in [0.25, 0.3) is 5.09 Å². The molecule has 0 bridgehead atoms. The van der Waals surface area contributed by atoms with Crippen molar-refractivity contribution in [1.82, 2.24) is 0 Å². The van der Waals surface area contributed by atoms with Crippen LogP contribution in [0.5, 0.6) is 11.5 Å². The highest BCUT2D eigenvalue weighted by Crippen LogP contribution is 2.39. The molecule has 0 saturated carbocycles. The Morgan fingerprint density at radius 3 is 2.33 bits per heavy atom. The van der Waals surface area contributed by atoms with Gasteiger partial charge in [0.2, 0.25) is 0 Å². The SMILES string of the molecule is CCCC(CCC)C(=O)Oc1cc(C(C)(C)C(=O)OCCCCCO[N+](=O)[O-])cc2oc(=O)c3ccc(OC)cc3c12. The second-order valence-corrected chi connectivity index (χ2v) is 10.7. The predicted molar refractivity (Wildman–Crippen MR) is 156 cm³/mol. The second-order valence-electron chi connectivity index (χ2n) is 10.7. The number of hydrogen-bond acceptors (Lipinski definition) is 10. The molecule has 1 heterocycles. The third kappa shape index (κ3) is 7.77. The number of unbranched alkanes of at least 4 members (excludes halogenated alkanes) is 2. The zero-order valence-electron chi connectivity index (χ0n) is 24.9. The van der Waals surface area contributed by atoms with E-state index in [1.54, 1.807) is 44.2 Å². The maximum Gasteiger partial charge on any atom is 0.344 e. The number of methoxy groups -OCH3 is 1. The number of carbonyl (C=O) groups is 2. The van der Waals surface area contributed by atoms with Crippen molar-refractivity contribution in [3.8, 4) is 11.5 Å². The minimum atomic E-state index is -1.20. The van der Waals surface area contributed by atoms with Crippen LogP contribution < -0.4 is 15.1 Å². The lowest BCUT2D eigenvalue weighted by Gasteiger charge is -2.25. The lowest BCUT2D eigenvalue weighted by atomic mass is 9.84. The van der Waals surface area contributed by atoms with Crippen LogP contribution >= 0.6 is 0 Å². The van der Waals surface area contributed by atoms with Gasteiger partial charge in [-0.05, 0) is 81.8 Å². The van der Waals surface area contributed by atoms with Crippen molar-refractivity contribution in [2.75, 3.05) is 20.3 Å². The fraction of sp³-hybridized carbons (Fsp3) is 0.516. The molecular weight excluding hydrogens is 546 g/mol. The molecule has 3 aromatic rings. The summed E-state index contributed by atoms with van der Waals surface area (Å²) in [7, 11) is 1.52. The van der Waals surface area contributed by atoms with Crippen molar-refractivity contribution in [2.45, 2.75) is 78.1 Å². The summed E-state index contributed by atoms with van der Waals surface area (Å²) in [5.41, 5.74) is -1.17. The highest BCUT2D eigenvalue weighted by Gasteiger charge is 2.34. The molecule has 0 aliphatic carbocycles. The van der Waals surface area contributed by atoms with Gasteiger partial charge in [0.1, 0.15) is 17.1 Å². The van der Waals surface area contributed by atoms with E-state index in [1.807, 2.05) is 13.8 Å². The summed E-state index contributed by atoms with van der Waals surface area (Å²) in [5, 5.41) is 10.6. The number of nitrogens with zero attached hydrogens (tertiary/aromatic N) is 1. The maximum atomic E-state index is 13.4. The van der Waals surface area contributed by atoms with E-state index in [9.17, 15) is 24.5 Å². The van der Waals surface area contributed by atoms with E-state index < -0.39 is 22.1 Å². The van der Waals surface area contributed by atoms with Gasteiger partial charge >= 0.3 is 17.6 Å².